The number of fused-ring (bicyclic) bond motifs is 1. The van der Waals surface area contributed by atoms with Crippen molar-refractivity contribution in [3.63, 3.8) is 0 Å². The fourth-order valence-electron chi connectivity index (χ4n) is 3.49. The minimum absolute atomic E-state index is 0.0827. The number of methoxy groups -OCH3 is 1. The van der Waals surface area contributed by atoms with Crippen molar-refractivity contribution in [3.05, 3.63) is 48.0 Å². The molecule has 3 aromatic rings. The van der Waals surface area contributed by atoms with Gasteiger partial charge in [-0.05, 0) is 43.2 Å². The minimum atomic E-state index is -0.407. The van der Waals surface area contributed by atoms with Crippen LogP contribution in [-0.4, -0.2) is 28.6 Å². The van der Waals surface area contributed by atoms with Gasteiger partial charge in [0.2, 0.25) is 5.82 Å². The molecule has 2 aromatic carbocycles. The first-order chi connectivity index (χ1) is 13.6. The number of carbonyl (C=O) groups is 1. The fourth-order valence-corrected chi connectivity index (χ4v) is 3.49. The van der Waals surface area contributed by atoms with Crippen LogP contribution in [0.15, 0.2) is 47.0 Å². The lowest BCUT2D eigenvalue weighted by Crippen LogP contribution is -2.40. The second kappa shape index (κ2) is 7.11. The van der Waals surface area contributed by atoms with Crippen LogP contribution in [0.5, 0.6) is 11.5 Å². The summed E-state index contributed by atoms with van der Waals surface area (Å²) in [5.41, 5.74) is 1.65. The molecule has 1 aliphatic rings. The number of hydrogen-bond acceptors (Lipinski definition) is 6. The summed E-state index contributed by atoms with van der Waals surface area (Å²) in [6.45, 7) is 4.10. The molecule has 144 valence electrons. The van der Waals surface area contributed by atoms with Crippen molar-refractivity contribution < 1.29 is 18.8 Å². The van der Waals surface area contributed by atoms with Crippen molar-refractivity contribution in [1.82, 2.24) is 10.1 Å². The summed E-state index contributed by atoms with van der Waals surface area (Å²) in [5.74, 6) is 2.24. The Balaban J connectivity index is 1.66. The van der Waals surface area contributed by atoms with Crippen LogP contribution in [0.4, 0.5) is 0 Å². The number of Topliss-reactive ketones (excluding diaryl/α,β-unsaturated/α-hetero) is 1. The lowest BCUT2D eigenvalue weighted by molar-refractivity contribution is 0.0350. The van der Waals surface area contributed by atoms with Gasteiger partial charge in [0.25, 0.3) is 5.89 Å². The average Bonchev–Trinajstić information content (AvgIpc) is 3.24. The van der Waals surface area contributed by atoms with E-state index in [1.807, 2.05) is 36.4 Å². The maximum atomic E-state index is 12.7. The highest BCUT2D eigenvalue weighted by Gasteiger charge is 2.37. The van der Waals surface area contributed by atoms with E-state index < -0.39 is 5.60 Å². The van der Waals surface area contributed by atoms with Gasteiger partial charge >= 0.3 is 0 Å². The van der Waals surface area contributed by atoms with Crippen LogP contribution < -0.4 is 9.47 Å². The van der Waals surface area contributed by atoms with Crippen molar-refractivity contribution in [3.8, 4) is 34.3 Å². The van der Waals surface area contributed by atoms with Gasteiger partial charge in [-0.3, -0.25) is 4.79 Å². The number of ether oxygens (including phenoxy) is 2. The number of aromatic nitrogens is 2. The molecule has 1 aromatic heterocycles. The SMILES string of the molecule is CCC1(CC)CC(=O)c2cc(-c3nc(-c4cccc(OC)c4)no3)ccc2O1. The van der Waals surface area contributed by atoms with E-state index in [0.29, 0.717) is 35.0 Å². The number of benzene rings is 2. The first kappa shape index (κ1) is 18.2. The molecule has 0 unspecified atom stereocenters. The quantitative estimate of drug-likeness (QED) is 0.626. The van der Waals surface area contributed by atoms with Gasteiger partial charge in [0, 0.05) is 11.1 Å². The molecule has 6 nitrogen and oxygen atoms in total. The van der Waals surface area contributed by atoms with Gasteiger partial charge in [0.15, 0.2) is 5.78 Å². The number of nitrogens with zero attached hydrogens (tertiary/aromatic N) is 2. The van der Waals surface area contributed by atoms with E-state index >= 15 is 0 Å². The Labute approximate surface area is 163 Å². The largest absolute Gasteiger partial charge is 0.497 e. The summed E-state index contributed by atoms with van der Waals surface area (Å²) in [7, 11) is 1.61. The predicted octanol–water partition coefficient (Wildman–Crippen LogP) is 4.94. The normalized spacial score (nSPS) is 15.0. The van der Waals surface area contributed by atoms with Crippen molar-refractivity contribution >= 4 is 5.78 Å². The zero-order valence-electron chi connectivity index (χ0n) is 16.2. The Morgan fingerprint density at radius 2 is 1.93 bits per heavy atom. The standard InChI is InChI=1S/C22H22N2O4/c1-4-22(5-2)13-18(25)17-12-15(9-10-19(17)27-22)21-23-20(24-28-21)14-7-6-8-16(11-14)26-3/h6-12H,4-5,13H2,1-3H3. The topological polar surface area (TPSA) is 74.5 Å². The molecule has 0 saturated heterocycles. The van der Waals surface area contributed by atoms with Gasteiger partial charge < -0.3 is 14.0 Å². The summed E-state index contributed by atoms with van der Waals surface area (Å²) in [4.78, 5) is 17.2. The van der Waals surface area contributed by atoms with Crippen LogP contribution in [0.25, 0.3) is 22.8 Å². The summed E-state index contributed by atoms with van der Waals surface area (Å²) in [6, 6.07) is 12.9. The van der Waals surface area contributed by atoms with E-state index in [0.717, 1.165) is 24.2 Å². The van der Waals surface area contributed by atoms with Gasteiger partial charge in [-0.2, -0.15) is 4.98 Å². The minimum Gasteiger partial charge on any atom is -0.497 e. The molecule has 0 atom stereocenters. The molecule has 0 amide bonds. The lowest BCUT2D eigenvalue weighted by atomic mass is 9.85. The number of ketones is 1. The molecule has 4 rings (SSSR count). The number of carbonyl (C=O) groups excluding carboxylic acids is 1. The molecule has 6 heteroatoms. The molecular formula is C22H22N2O4. The van der Waals surface area contributed by atoms with Gasteiger partial charge in [-0.15, -0.1) is 0 Å². The average molecular weight is 378 g/mol. The monoisotopic (exact) mass is 378 g/mol. The molecule has 2 heterocycles. The molecule has 0 fully saturated rings. The highest BCUT2D eigenvalue weighted by molar-refractivity contribution is 6.01. The second-order valence-corrected chi connectivity index (χ2v) is 6.96. The molecule has 0 N–H and O–H groups in total. The number of hydrogen-bond donors (Lipinski definition) is 0. The van der Waals surface area contributed by atoms with Gasteiger partial charge in [0.05, 0.1) is 19.1 Å². The van der Waals surface area contributed by atoms with E-state index in [2.05, 4.69) is 24.0 Å². The Morgan fingerprint density at radius 3 is 2.68 bits per heavy atom. The van der Waals surface area contributed by atoms with Crippen molar-refractivity contribution in [1.29, 1.82) is 0 Å². The van der Waals surface area contributed by atoms with Gasteiger partial charge in [-0.1, -0.05) is 31.1 Å². The molecule has 1 aliphatic heterocycles. The van der Waals surface area contributed by atoms with Crippen LogP contribution in [0.1, 0.15) is 43.5 Å². The van der Waals surface area contributed by atoms with E-state index in [1.54, 1.807) is 13.2 Å². The fraction of sp³-hybridized carbons (Fsp3) is 0.318. The Morgan fingerprint density at radius 1 is 1.11 bits per heavy atom. The Bertz CT molecular complexity index is 1020. The van der Waals surface area contributed by atoms with Crippen molar-refractivity contribution in [2.75, 3.05) is 7.11 Å². The first-order valence-corrected chi connectivity index (χ1v) is 9.42. The third-order valence-corrected chi connectivity index (χ3v) is 5.38. The van der Waals surface area contributed by atoms with E-state index in [-0.39, 0.29) is 5.78 Å². The smallest absolute Gasteiger partial charge is 0.258 e. The van der Waals surface area contributed by atoms with Crippen molar-refractivity contribution in [2.24, 2.45) is 0 Å². The molecule has 0 bridgehead atoms. The zero-order chi connectivity index (χ0) is 19.7. The van der Waals surface area contributed by atoms with Crippen LogP contribution in [0.2, 0.25) is 0 Å². The summed E-state index contributed by atoms with van der Waals surface area (Å²) < 4.78 is 16.9. The molecule has 0 saturated carbocycles. The summed E-state index contributed by atoms with van der Waals surface area (Å²) >= 11 is 0. The Hall–Kier alpha value is -3.15. The number of rotatable bonds is 5. The third-order valence-electron chi connectivity index (χ3n) is 5.38. The maximum absolute atomic E-state index is 12.7. The zero-order valence-corrected chi connectivity index (χ0v) is 16.2. The lowest BCUT2D eigenvalue weighted by Gasteiger charge is -2.36. The molecule has 0 radical (unpaired) electrons. The highest BCUT2D eigenvalue weighted by Crippen LogP contribution is 2.39. The van der Waals surface area contributed by atoms with E-state index in [9.17, 15) is 4.79 Å². The second-order valence-electron chi connectivity index (χ2n) is 6.96. The maximum Gasteiger partial charge on any atom is 0.258 e. The third kappa shape index (κ3) is 3.15. The van der Waals surface area contributed by atoms with E-state index in [4.69, 9.17) is 14.0 Å². The molecule has 28 heavy (non-hydrogen) atoms. The Kier molecular flexibility index (Phi) is 4.63. The van der Waals surface area contributed by atoms with Gasteiger partial charge in [0.1, 0.15) is 17.1 Å². The van der Waals surface area contributed by atoms with Crippen LogP contribution in [0, 0.1) is 0 Å². The van der Waals surface area contributed by atoms with Crippen LogP contribution in [0.3, 0.4) is 0 Å². The molecule has 0 spiro atoms. The first-order valence-electron chi connectivity index (χ1n) is 9.42. The summed E-state index contributed by atoms with van der Waals surface area (Å²) in [5, 5.41) is 4.06. The molecule has 0 aliphatic carbocycles. The van der Waals surface area contributed by atoms with Crippen LogP contribution >= 0.6 is 0 Å². The van der Waals surface area contributed by atoms with Crippen LogP contribution in [-0.2, 0) is 0 Å². The van der Waals surface area contributed by atoms with Crippen molar-refractivity contribution in [2.45, 2.75) is 38.7 Å². The predicted molar refractivity (Wildman–Crippen MR) is 105 cm³/mol. The van der Waals surface area contributed by atoms with E-state index in [1.165, 1.54) is 0 Å². The summed E-state index contributed by atoms with van der Waals surface area (Å²) in [6.07, 6.45) is 1.98. The molecular weight excluding hydrogens is 356 g/mol. The van der Waals surface area contributed by atoms with Gasteiger partial charge in [-0.25, -0.2) is 0 Å². The highest BCUT2D eigenvalue weighted by atomic mass is 16.5.